The number of rotatable bonds is 5. The highest BCUT2D eigenvalue weighted by Crippen LogP contribution is 2.40. The van der Waals surface area contributed by atoms with Crippen LogP contribution in [0.25, 0.3) is 0 Å². The lowest BCUT2D eigenvalue weighted by molar-refractivity contribution is -0.134. The summed E-state index contributed by atoms with van der Waals surface area (Å²) in [5, 5.41) is 8.40. The molecule has 2 aromatic rings. The molecule has 2 aromatic heterocycles. The molecule has 0 spiro atoms. The zero-order valence-electron chi connectivity index (χ0n) is 14.5. The van der Waals surface area contributed by atoms with Gasteiger partial charge in [0.1, 0.15) is 0 Å². The fourth-order valence-electron chi connectivity index (χ4n) is 4.03. The molecule has 136 valence electrons. The summed E-state index contributed by atoms with van der Waals surface area (Å²) in [5.74, 6) is -0.0740. The molecule has 0 bridgehead atoms. The maximum Gasteiger partial charge on any atom is 0.325 e. The Balaban J connectivity index is 1.65. The standard InChI is InChI=1S/C19H22N4O2S/c24-17-19(14-5-9-20-10-6-14,15-3-1-8-21-13-15)22-18(25)23(17)11-7-16-4-2-12-26-16/h1-4,8,12-14,20H,5-7,9-11H2,(H,22,25). The monoisotopic (exact) mass is 370 g/mol. The van der Waals surface area contributed by atoms with Gasteiger partial charge in [0.15, 0.2) is 5.54 Å². The number of amides is 3. The summed E-state index contributed by atoms with van der Waals surface area (Å²) < 4.78 is 0. The molecule has 6 nitrogen and oxygen atoms in total. The molecule has 1 atom stereocenters. The average Bonchev–Trinajstić information content (AvgIpc) is 3.29. The highest BCUT2D eigenvalue weighted by Gasteiger charge is 2.56. The minimum atomic E-state index is -0.997. The number of aromatic nitrogens is 1. The molecule has 2 aliphatic rings. The van der Waals surface area contributed by atoms with E-state index >= 15 is 0 Å². The predicted octanol–water partition coefficient (Wildman–Crippen LogP) is 2.13. The quantitative estimate of drug-likeness (QED) is 0.791. The van der Waals surface area contributed by atoms with Crippen molar-refractivity contribution in [3.8, 4) is 0 Å². The summed E-state index contributed by atoms with van der Waals surface area (Å²) in [6.07, 6.45) is 5.78. The number of carbonyl (C=O) groups is 2. The number of nitrogens with one attached hydrogen (secondary N) is 2. The Kier molecular flexibility index (Phi) is 4.74. The van der Waals surface area contributed by atoms with Gasteiger partial charge in [-0.05, 0) is 55.8 Å². The van der Waals surface area contributed by atoms with E-state index in [0.717, 1.165) is 31.5 Å². The molecule has 4 rings (SSSR count). The molecule has 0 radical (unpaired) electrons. The van der Waals surface area contributed by atoms with Gasteiger partial charge in [0, 0.05) is 29.4 Å². The molecule has 2 fully saturated rings. The third kappa shape index (κ3) is 2.91. The van der Waals surface area contributed by atoms with E-state index in [4.69, 9.17) is 0 Å². The molecule has 2 N–H and O–H groups in total. The summed E-state index contributed by atoms with van der Waals surface area (Å²) in [7, 11) is 0. The molecule has 2 saturated heterocycles. The second-order valence-electron chi connectivity index (χ2n) is 6.79. The largest absolute Gasteiger partial charge is 0.325 e. The van der Waals surface area contributed by atoms with Crippen molar-refractivity contribution in [2.24, 2.45) is 5.92 Å². The van der Waals surface area contributed by atoms with Crippen LogP contribution in [-0.4, -0.2) is 41.5 Å². The van der Waals surface area contributed by atoms with Crippen LogP contribution in [0.15, 0.2) is 42.0 Å². The number of imide groups is 1. The van der Waals surface area contributed by atoms with Gasteiger partial charge >= 0.3 is 6.03 Å². The van der Waals surface area contributed by atoms with Gasteiger partial charge in [-0.25, -0.2) is 4.79 Å². The van der Waals surface area contributed by atoms with Crippen LogP contribution in [0.5, 0.6) is 0 Å². The second kappa shape index (κ2) is 7.17. The van der Waals surface area contributed by atoms with Gasteiger partial charge in [0.2, 0.25) is 0 Å². The van der Waals surface area contributed by atoms with Crippen molar-refractivity contribution < 1.29 is 9.59 Å². The van der Waals surface area contributed by atoms with Gasteiger partial charge in [-0.1, -0.05) is 12.1 Å². The van der Waals surface area contributed by atoms with Gasteiger partial charge in [-0.2, -0.15) is 0 Å². The van der Waals surface area contributed by atoms with Crippen molar-refractivity contribution >= 4 is 23.3 Å². The van der Waals surface area contributed by atoms with E-state index in [1.807, 2.05) is 29.6 Å². The average molecular weight is 370 g/mol. The lowest BCUT2D eigenvalue weighted by atomic mass is 9.74. The maximum absolute atomic E-state index is 13.5. The van der Waals surface area contributed by atoms with Crippen molar-refractivity contribution in [1.29, 1.82) is 0 Å². The molecule has 3 amide bonds. The fraction of sp³-hybridized carbons (Fsp3) is 0.421. The van der Waals surface area contributed by atoms with E-state index in [-0.39, 0.29) is 17.9 Å². The lowest BCUT2D eigenvalue weighted by Gasteiger charge is -2.37. The molecule has 1 unspecified atom stereocenters. The number of nitrogens with zero attached hydrogens (tertiary/aromatic N) is 2. The normalized spacial score (nSPS) is 24.1. The summed E-state index contributed by atoms with van der Waals surface area (Å²) >= 11 is 1.65. The Morgan fingerprint density at radius 2 is 2.08 bits per heavy atom. The van der Waals surface area contributed by atoms with Crippen molar-refractivity contribution in [2.45, 2.75) is 24.8 Å². The first-order chi connectivity index (χ1) is 12.7. The molecule has 0 aromatic carbocycles. The highest BCUT2D eigenvalue weighted by atomic mass is 32.1. The van der Waals surface area contributed by atoms with Gasteiger partial charge in [0.25, 0.3) is 5.91 Å². The van der Waals surface area contributed by atoms with Crippen LogP contribution in [0.2, 0.25) is 0 Å². The van der Waals surface area contributed by atoms with Gasteiger partial charge in [-0.3, -0.25) is 14.7 Å². The molecule has 7 heteroatoms. The van der Waals surface area contributed by atoms with Crippen LogP contribution in [0.4, 0.5) is 4.79 Å². The molecular formula is C19H22N4O2S. The predicted molar refractivity (Wildman–Crippen MR) is 99.8 cm³/mol. The summed E-state index contributed by atoms with van der Waals surface area (Å²) in [5.41, 5.74) is -0.216. The summed E-state index contributed by atoms with van der Waals surface area (Å²) in [4.78, 5) is 33.0. The van der Waals surface area contributed by atoms with Crippen LogP contribution >= 0.6 is 11.3 Å². The number of piperidine rings is 1. The molecule has 2 aliphatic heterocycles. The summed E-state index contributed by atoms with van der Waals surface area (Å²) in [6.45, 7) is 2.11. The van der Waals surface area contributed by atoms with Crippen molar-refractivity contribution in [3.05, 3.63) is 52.5 Å². The summed E-state index contributed by atoms with van der Waals surface area (Å²) in [6, 6.07) is 7.45. The Morgan fingerprint density at radius 3 is 2.77 bits per heavy atom. The van der Waals surface area contributed by atoms with Crippen molar-refractivity contribution in [2.75, 3.05) is 19.6 Å². The SMILES string of the molecule is O=C1NC(c2cccnc2)(C2CCNCC2)C(=O)N1CCc1cccs1. The third-order valence-corrected chi connectivity index (χ3v) is 6.30. The smallest absolute Gasteiger partial charge is 0.319 e. The number of carbonyl (C=O) groups excluding carboxylic acids is 2. The zero-order chi connectivity index (χ0) is 18.0. The van der Waals surface area contributed by atoms with Crippen molar-refractivity contribution in [1.82, 2.24) is 20.5 Å². The fourth-order valence-corrected chi connectivity index (χ4v) is 4.73. The number of pyridine rings is 1. The van der Waals surface area contributed by atoms with Gasteiger partial charge < -0.3 is 10.6 Å². The van der Waals surface area contributed by atoms with E-state index in [9.17, 15) is 9.59 Å². The third-order valence-electron chi connectivity index (χ3n) is 5.36. The van der Waals surface area contributed by atoms with Crippen LogP contribution in [0.3, 0.4) is 0 Å². The lowest BCUT2D eigenvalue weighted by Crippen LogP contribution is -2.53. The van der Waals surface area contributed by atoms with E-state index in [2.05, 4.69) is 15.6 Å². The maximum atomic E-state index is 13.5. The Labute approximate surface area is 156 Å². The van der Waals surface area contributed by atoms with Crippen LogP contribution in [0.1, 0.15) is 23.3 Å². The first kappa shape index (κ1) is 17.2. The number of urea groups is 1. The van der Waals surface area contributed by atoms with Crippen LogP contribution in [-0.2, 0) is 16.8 Å². The molecule has 0 aliphatic carbocycles. The van der Waals surface area contributed by atoms with E-state index in [1.165, 1.54) is 9.78 Å². The zero-order valence-corrected chi connectivity index (χ0v) is 15.3. The first-order valence-electron chi connectivity index (χ1n) is 8.99. The molecule has 26 heavy (non-hydrogen) atoms. The Morgan fingerprint density at radius 1 is 1.23 bits per heavy atom. The second-order valence-corrected chi connectivity index (χ2v) is 7.82. The highest BCUT2D eigenvalue weighted by molar-refractivity contribution is 7.09. The van der Waals surface area contributed by atoms with Crippen LogP contribution in [0, 0.1) is 5.92 Å². The van der Waals surface area contributed by atoms with Gasteiger partial charge in [-0.15, -0.1) is 11.3 Å². The molecule has 4 heterocycles. The van der Waals surface area contributed by atoms with Gasteiger partial charge in [0.05, 0.1) is 0 Å². The minimum absolute atomic E-state index is 0.0659. The Hall–Kier alpha value is -2.25. The topological polar surface area (TPSA) is 74.3 Å². The van der Waals surface area contributed by atoms with Crippen LogP contribution < -0.4 is 10.6 Å². The first-order valence-corrected chi connectivity index (χ1v) is 9.87. The number of thiophene rings is 1. The van der Waals surface area contributed by atoms with E-state index in [1.54, 1.807) is 23.7 Å². The van der Waals surface area contributed by atoms with Crippen molar-refractivity contribution in [3.63, 3.8) is 0 Å². The minimum Gasteiger partial charge on any atom is -0.319 e. The molecule has 0 saturated carbocycles. The Bertz CT molecular complexity index is 774. The van der Waals surface area contributed by atoms with E-state index in [0.29, 0.717) is 13.0 Å². The molecular weight excluding hydrogens is 348 g/mol. The number of hydrogen-bond donors (Lipinski definition) is 2. The number of hydrogen-bond acceptors (Lipinski definition) is 5. The van der Waals surface area contributed by atoms with E-state index < -0.39 is 5.54 Å².